The van der Waals surface area contributed by atoms with Crippen LogP contribution < -0.4 is 0 Å². The molecule has 27 heavy (non-hydrogen) atoms. The number of hydrogen-bond acceptors (Lipinski definition) is 4. The van der Waals surface area contributed by atoms with E-state index >= 15 is 0 Å². The van der Waals surface area contributed by atoms with E-state index in [0.717, 1.165) is 47.2 Å². The molecule has 2 heterocycles. The number of hydrogen-bond donors (Lipinski definition) is 1. The van der Waals surface area contributed by atoms with Gasteiger partial charge < -0.3 is 9.84 Å². The van der Waals surface area contributed by atoms with Crippen LogP contribution in [0.2, 0.25) is 0 Å². The molecule has 1 fully saturated rings. The zero-order chi connectivity index (χ0) is 19.0. The van der Waals surface area contributed by atoms with Crippen molar-refractivity contribution in [2.24, 2.45) is 0 Å². The first-order chi connectivity index (χ1) is 13.0. The predicted octanol–water partition coefficient (Wildman–Crippen LogP) is 3.89. The van der Waals surface area contributed by atoms with Crippen molar-refractivity contribution in [3.8, 4) is 0 Å². The Bertz CT molecular complexity index is 935. The van der Waals surface area contributed by atoms with Crippen LogP contribution in [0.15, 0.2) is 24.4 Å². The maximum atomic E-state index is 14.3. The molecular formula is C21H21FN2O3. The summed E-state index contributed by atoms with van der Waals surface area (Å²) in [5.41, 5.74) is 4.66. The molecule has 5 nitrogen and oxygen atoms in total. The molecule has 1 aliphatic heterocycles. The maximum absolute atomic E-state index is 14.3. The van der Waals surface area contributed by atoms with Crippen molar-refractivity contribution >= 4 is 11.5 Å². The molecule has 0 atom stereocenters. The van der Waals surface area contributed by atoms with Gasteiger partial charge in [0.2, 0.25) is 0 Å². The van der Waals surface area contributed by atoms with Gasteiger partial charge in [-0.2, -0.15) is 0 Å². The van der Waals surface area contributed by atoms with Crippen molar-refractivity contribution < 1.29 is 19.0 Å². The van der Waals surface area contributed by atoms with Crippen molar-refractivity contribution in [1.82, 2.24) is 9.97 Å². The summed E-state index contributed by atoms with van der Waals surface area (Å²) < 4.78 is 19.6. The Morgan fingerprint density at radius 3 is 2.85 bits per heavy atom. The number of aromatic carboxylic acids is 1. The highest BCUT2D eigenvalue weighted by Gasteiger charge is 2.27. The molecule has 1 aromatic carbocycles. The van der Waals surface area contributed by atoms with Crippen LogP contribution >= 0.6 is 0 Å². The van der Waals surface area contributed by atoms with E-state index in [1.54, 1.807) is 6.20 Å². The van der Waals surface area contributed by atoms with Gasteiger partial charge in [0, 0.05) is 18.5 Å². The highest BCUT2D eigenvalue weighted by atomic mass is 19.1. The smallest absolute Gasteiger partial charge is 0.356 e. The third kappa shape index (κ3) is 3.76. The van der Waals surface area contributed by atoms with E-state index in [1.807, 2.05) is 13.0 Å². The largest absolute Gasteiger partial charge is 0.476 e. The summed E-state index contributed by atoms with van der Waals surface area (Å²) in [5.74, 6) is -1.11. The van der Waals surface area contributed by atoms with Gasteiger partial charge in [-0.05, 0) is 60.6 Å². The van der Waals surface area contributed by atoms with Crippen molar-refractivity contribution in [3.63, 3.8) is 0 Å². The summed E-state index contributed by atoms with van der Waals surface area (Å²) in [6.45, 7) is 3.08. The van der Waals surface area contributed by atoms with Crippen LogP contribution in [0.5, 0.6) is 0 Å². The van der Waals surface area contributed by atoms with E-state index in [-0.39, 0.29) is 17.9 Å². The molecule has 2 aromatic rings. The number of aromatic nitrogens is 2. The highest BCUT2D eigenvalue weighted by molar-refractivity contribution is 5.86. The van der Waals surface area contributed by atoms with E-state index < -0.39 is 5.97 Å². The number of ether oxygens (including phenoxy) is 1. The van der Waals surface area contributed by atoms with Crippen LogP contribution in [0.1, 0.15) is 63.7 Å². The molecule has 0 bridgehead atoms. The summed E-state index contributed by atoms with van der Waals surface area (Å²) in [6, 6.07) is 3.00. The zero-order valence-electron chi connectivity index (χ0n) is 15.2. The Balaban J connectivity index is 1.71. The van der Waals surface area contributed by atoms with Crippen LogP contribution in [-0.2, 0) is 11.2 Å². The minimum Gasteiger partial charge on any atom is -0.476 e. The zero-order valence-corrected chi connectivity index (χ0v) is 15.2. The minimum atomic E-state index is -1.10. The molecule has 4 rings (SSSR count). The average molecular weight is 368 g/mol. The normalized spacial score (nSPS) is 16.9. The summed E-state index contributed by atoms with van der Waals surface area (Å²) in [7, 11) is 0. The van der Waals surface area contributed by atoms with E-state index in [4.69, 9.17) is 4.74 Å². The lowest BCUT2D eigenvalue weighted by Gasteiger charge is -2.18. The van der Waals surface area contributed by atoms with Crippen molar-refractivity contribution in [3.05, 3.63) is 64.0 Å². The van der Waals surface area contributed by atoms with Gasteiger partial charge in [-0.25, -0.2) is 14.2 Å². The monoisotopic (exact) mass is 368 g/mol. The summed E-state index contributed by atoms with van der Waals surface area (Å²) in [5, 5.41) is 9.55. The average Bonchev–Trinajstić information content (AvgIpc) is 3.50. The van der Waals surface area contributed by atoms with Gasteiger partial charge in [-0.1, -0.05) is 6.08 Å². The van der Waals surface area contributed by atoms with Crippen molar-refractivity contribution in [1.29, 1.82) is 0 Å². The molecule has 0 amide bonds. The highest BCUT2D eigenvalue weighted by Crippen LogP contribution is 2.39. The second-order valence-corrected chi connectivity index (χ2v) is 7.14. The lowest BCUT2D eigenvalue weighted by molar-refractivity contribution is 0.0688. The number of carbonyl (C=O) groups is 1. The Hall–Kier alpha value is -2.60. The van der Waals surface area contributed by atoms with Gasteiger partial charge in [0.25, 0.3) is 0 Å². The molecule has 1 saturated carbocycles. The third-order valence-corrected chi connectivity index (χ3v) is 5.21. The molecule has 0 unspecified atom stereocenters. The van der Waals surface area contributed by atoms with Gasteiger partial charge in [-0.3, -0.25) is 4.98 Å². The van der Waals surface area contributed by atoms with Crippen molar-refractivity contribution in [2.45, 2.75) is 38.5 Å². The maximum Gasteiger partial charge on any atom is 0.356 e. The Morgan fingerprint density at radius 2 is 2.19 bits per heavy atom. The molecule has 0 radical (unpaired) electrons. The number of carboxylic acids is 1. The van der Waals surface area contributed by atoms with E-state index in [2.05, 4.69) is 9.97 Å². The first-order valence-electron chi connectivity index (χ1n) is 9.18. The lowest BCUT2D eigenvalue weighted by Crippen LogP contribution is -2.12. The standard InChI is InChI=1S/C21H21FN2O3/c1-12-15(8-16(22)10-17(12)13-4-6-27-7-5-13)9-18-20(21(25)26)24-19(11-23-18)14-2-3-14/h4,8,10-11,14H,2-3,5-7,9H2,1H3,(H,25,26). The summed E-state index contributed by atoms with van der Waals surface area (Å²) in [6.07, 6.45) is 6.66. The van der Waals surface area contributed by atoms with Crippen molar-refractivity contribution in [2.75, 3.05) is 13.2 Å². The van der Waals surface area contributed by atoms with E-state index in [9.17, 15) is 14.3 Å². The summed E-state index contributed by atoms with van der Waals surface area (Å²) >= 11 is 0. The molecule has 6 heteroatoms. The van der Waals surface area contributed by atoms with Gasteiger partial charge in [0.15, 0.2) is 5.69 Å². The van der Waals surface area contributed by atoms with Gasteiger partial charge in [0.05, 0.1) is 24.6 Å². The number of nitrogens with zero attached hydrogens (tertiary/aromatic N) is 2. The quantitative estimate of drug-likeness (QED) is 0.867. The van der Waals surface area contributed by atoms with E-state index in [1.165, 1.54) is 12.1 Å². The number of carboxylic acid groups (broad SMARTS) is 1. The molecule has 1 N–H and O–H groups in total. The molecule has 140 valence electrons. The fraction of sp³-hybridized carbons (Fsp3) is 0.381. The summed E-state index contributed by atoms with van der Waals surface area (Å²) in [4.78, 5) is 20.4. The molecule has 1 aliphatic carbocycles. The molecule has 0 saturated heterocycles. The first-order valence-corrected chi connectivity index (χ1v) is 9.18. The Labute approximate surface area is 156 Å². The minimum absolute atomic E-state index is 0.0325. The predicted molar refractivity (Wildman–Crippen MR) is 98.3 cm³/mol. The molecule has 0 spiro atoms. The van der Waals surface area contributed by atoms with E-state index in [0.29, 0.717) is 24.8 Å². The fourth-order valence-corrected chi connectivity index (χ4v) is 3.51. The first kappa shape index (κ1) is 17.8. The van der Waals surface area contributed by atoms with Crippen LogP contribution in [0.25, 0.3) is 5.57 Å². The van der Waals surface area contributed by atoms with Gasteiger partial charge in [0.1, 0.15) is 5.82 Å². The van der Waals surface area contributed by atoms with Gasteiger partial charge in [-0.15, -0.1) is 0 Å². The number of rotatable bonds is 5. The lowest BCUT2D eigenvalue weighted by atomic mass is 9.91. The molecule has 2 aliphatic rings. The Kier molecular flexibility index (Phi) is 4.74. The molecule has 1 aromatic heterocycles. The second-order valence-electron chi connectivity index (χ2n) is 7.14. The number of halogens is 1. The topological polar surface area (TPSA) is 72.3 Å². The molecular weight excluding hydrogens is 347 g/mol. The number of benzene rings is 1. The van der Waals surface area contributed by atoms with Crippen LogP contribution in [0, 0.1) is 12.7 Å². The SMILES string of the molecule is Cc1c(Cc2ncc(C3CC3)nc2C(=O)O)cc(F)cc1C1=CCOCC1. The second kappa shape index (κ2) is 7.19. The van der Waals surface area contributed by atoms with Crippen LogP contribution in [-0.4, -0.2) is 34.3 Å². The third-order valence-electron chi connectivity index (χ3n) is 5.21. The van der Waals surface area contributed by atoms with Crippen LogP contribution in [0.4, 0.5) is 4.39 Å². The Morgan fingerprint density at radius 1 is 1.37 bits per heavy atom. The van der Waals surface area contributed by atoms with Crippen LogP contribution in [0.3, 0.4) is 0 Å². The fourth-order valence-electron chi connectivity index (χ4n) is 3.51. The van der Waals surface area contributed by atoms with Gasteiger partial charge >= 0.3 is 5.97 Å².